The summed E-state index contributed by atoms with van der Waals surface area (Å²) < 4.78 is 13.0. The Kier molecular flexibility index (Phi) is 5.51. The van der Waals surface area contributed by atoms with Crippen LogP contribution in [0.3, 0.4) is 0 Å². The zero-order chi connectivity index (χ0) is 18.5. The molecule has 3 rings (SSSR count). The number of urea groups is 1. The molecule has 1 saturated heterocycles. The summed E-state index contributed by atoms with van der Waals surface area (Å²) in [5.74, 6) is -0.671. The molecule has 2 aromatic rings. The Balaban J connectivity index is 1.59. The van der Waals surface area contributed by atoms with Gasteiger partial charge in [0.1, 0.15) is 5.82 Å². The van der Waals surface area contributed by atoms with E-state index in [-0.39, 0.29) is 23.7 Å². The van der Waals surface area contributed by atoms with Crippen molar-refractivity contribution in [3.05, 3.63) is 59.9 Å². The van der Waals surface area contributed by atoms with Crippen LogP contribution in [0.2, 0.25) is 0 Å². The van der Waals surface area contributed by atoms with Crippen LogP contribution in [0.15, 0.2) is 48.5 Å². The molecule has 0 spiro atoms. The Morgan fingerprint density at radius 3 is 2.54 bits per heavy atom. The van der Waals surface area contributed by atoms with Crippen molar-refractivity contribution in [3.63, 3.8) is 0 Å². The van der Waals surface area contributed by atoms with E-state index in [2.05, 4.69) is 10.6 Å². The van der Waals surface area contributed by atoms with Gasteiger partial charge in [0.25, 0.3) is 0 Å². The molecule has 1 atom stereocenters. The lowest BCUT2D eigenvalue weighted by molar-refractivity contribution is -0.121. The summed E-state index contributed by atoms with van der Waals surface area (Å²) in [5.41, 5.74) is 2.33. The average molecular weight is 355 g/mol. The van der Waals surface area contributed by atoms with E-state index >= 15 is 0 Å². The van der Waals surface area contributed by atoms with E-state index in [0.717, 1.165) is 24.1 Å². The number of amides is 3. The SMILES string of the molecule is Cc1ccccc1NC(=O)[C@@H]1CCCN(C(=O)Nc2ccc(F)cc2)C1. The minimum Gasteiger partial charge on any atom is -0.326 e. The van der Waals surface area contributed by atoms with E-state index in [9.17, 15) is 14.0 Å². The number of aryl methyl sites for hydroxylation is 1. The molecule has 0 aliphatic carbocycles. The number of carbonyl (C=O) groups excluding carboxylic acids is 2. The first-order valence-electron chi connectivity index (χ1n) is 8.71. The number of hydrogen-bond acceptors (Lipinski definition) is 2. The molecule has 26 heavy (non-hydrogen) atoms. The molecule has 0 radical (unpaired) electrons. The van der Waals surface area contributed by atoms with Crippen LogP contribution in [0.4, 0.5) is 20.6 Å². The molecule has 1 fully saturated rings. The van der Waals surface area contributed by atoms with Crippen LogP contribution in [-0.2, 0) is 4.79 Å². The lowest BCUT2D eigenvalue weighted by atomic mass is 9.97. The van der Waals surface area contributed by atoms with E-state index in [4.69, 9.17) is 0 Å². The van der Waals surface area contributed by atoms with Gasteiger partial charge in [-0.3, -0.25) is 4.79 Å². The monoisotopic (exact) mass is 355 g/mol. The lowest BCUT2D eigenvalue weighted by Gasteiger charge is -2.32. The van der Waals surface area contributed by atoms with Gasteiger partial charge in [0.15, 0.2) is 0 Å². The van der Waals surface area contributed by atoms with Gasteiger partial charge in [-0.15, -0.1) is 0 Å². The number of nitrogens with one attached hydrogen (secondary N) is 2. The van der Waals surface area contributed by atoms with Gasteiger partial charge in [-0.05, 0) is 55.7 Å². The third-order valence-corrected chi connectivity index (χ3v) is 4.58. The number of para-hydroxylation sites is 1. The topological polar surface area (TPSA) is 61.4 Å². The van der Waals surface area contributed by atoms with Crippen LogP contribution in [0.5, 0.6) is 0 Å². The van der Waals surface area contributed by atoms with Crippen molar-refractivity contribution >= 4 is 23.3 Å². The fourth-order valence-electron chi connectivity index (χ4n) is 3.06. The molecule has 6 heteroatoms. The first-order valence-corrected chi connectivity index (χ1v) is 8.71. The van der Waals surface area contributed by atoms with Crippen LogP contribution < -0.4 is 10.6 Å². The summed E-state index contributed by atoms with van der Waals surface area (Å²) in [7, 11) is 0. The molecule has 1 aliphatic rings. The molecule has 5 nitrogen and oxygen atoms in total. The van der Waals surface area contributed by atoms with Crippen molar-refractivity contribution in [3.8, 4) is 0 Å². The molecular weight excluding hydrogens is 333 g/mol. The Bertz CT molecular complexity index is 792. The average Bonchev–Trinajstić information content (AvgIpc) is 2.65. The molecule has 136 valence electrons. The fourth-order valence-corrected chi connectivity index (χ4v) is 3.06. The van der Waals surface area contributed by atoms with E-state index in [1.807, 2.05) is 31.2 Å². The standard InChI is InChI=1S/C20H22FN3O2/c1-14-5-2-3-7-18(14)23-19(25)15-6-4-12-24(13-15)20(26)22-17-10-8-16(21)9-11-17/h2-3,5,7-11,15H,4,6,12-13H2,1H3,(H,22,26)(H,23,25)/t15-/m1/s1. The van der Waals surface area contributed by atoms with Gasteiger partial charge < -0.3 is 15.5 Å². The minimum absolute atomic E-state index is 0.0708. The zero-order valence-electron chi connectivity index (χ0n) is 14.7. The smallest absolute Gasteiger partial charge is 0.321 e. The molecule has 2 aromatic carbocycles. The first kappa shape index (κ1) is 17.9. The molecule has 3 amide bonds. The Morgan fingerprint density at radius 1 is 1.08 bits per heavy atom. The van der Waals surface area contributed by atoms with Gasteiger partial charge in [-0.25, -0.2) is 9.18 Å². The number of benzene rings is 2. The normalized spacial score (nSPS) is 16.8. The fraction of sp³-hybridized carbons (Fsp3) is 0.300. The minimum atomic E-state index is -0.353. The van der Waals surface area contributed by atoms with E-state index in [0.29, 0.717) is 18.8 Å². The zero-order valence-corrected chi connectivity index (χ0v) is 14.7. The predicted molar refractivity (Wildman–Crippen MR) is 99.5 cm³/mol. The van der Waals surface area contributed by atoms with Crippen LogP contribution in [-0.4, -0.2) is 29.9 Å². The number of halogens is 1. The van der Waals surface area contributed by atoms with Crippen LogP contribution in [0.25, 0.3) is 0 Å². The maximum Gasteiger partial charge on any atom is 0.321 e. The number of anilines is 2. The number of carbonyl (C=O) groups is 2. The van der Waals surface area contributed by atoms with E-state index in [1.165, 1.54) is 24.3 Å². The second-order valence-electron chi connectivity index (χ2n) is 6.53. The van der Waals surface area contributed by atoms with Crippen molar-refractivity contribution in [2.75, 3.05) is 23.7 Å². The van der Waals surface area contributed by atoms with Gasteiger partial charge in [0, 0.05) is 24.5 Å². The highest BCUT2D eigenvalue weighted by Gasteiger charge is 2.28. The molecule has 0 bridgehead atoms. The van der Waals surface area contributed by atoms with Gasteiger partial charge in [0.2, 0.25) is 5.91 Å². The highest BCUT2D eigenvalue weighted by atomic mass is 19.1. The van der Waals surface area contributed by atoms with Crippen molar-refractivity contribution in [1.29, 1.82) is 0 Å². The summed E-state index contributed by atoms with van der Waals surface area (Å²) >= 11 is 0. The molecule has 1 aliphatic heterocycles. The number of piperidine rings is 1. The third kappa shape index (κ3) is 4.39. The van der Waals surface area contributed by atoms with Crippen molar-refractivity contribution in [2.24, 2.45) is 5.92 Å². The maximum absolute atomic E-state index is 13.0. The van der Waals surface area contributed by atoms with Gasteiger partial charge in [-0.1, -0.05) is 18.2 Å². The van der Waals surface area contributed by atoms with Gasteiger partial charge >= 0.3 is 6.03 Å². The predicted octanol–water partition coefficient (Wildman–Crippen LogP) is 4.02. The Morgan fingerprint density at radius 2 is 1.81 bits per heavy atom. The van der Waals surface area contributed by atoms with Crippen molar-refractivity contribution < 1.29 is 14.0 Å². The lowest BCUT2D eigenvalue weighted by Crippen LogP contribution is -2.45. The third-order valence-electron chi connectivity index (χ3n) is 4.58. The largest absolute Gasteiger partial charge is 0.326 e. The van der Waals surface area contributed by atoms with Crippen LogP contribution >= 0.6 is 0 Å². The molecule has 0 aromatic heterocycles. The first-order chi connectivity index (χ1) is 12.5. The van der Waals surface area contributed by atoms with E-state index < -0.39 is 0 Å². The molecule has 2 N–H and O–H groups in total. The maximum atomic E-state index is 13.0. The van der Waals surface area contributed by atoms with Gasteiger partial charge in [0.05, 0.1) is 5.92 Å². The summed E-state index contributed by atoms with van der Waals surface area (Å²) in [5, 5.41) is 5.70. The summed E-state index contributed by atoms with van der Waals surface area (Å²) in [6.07, 6.45) is 1.51. The summed E-state index contributed by atoms with van der Waals surface area (Å²) in [6, 6.07) is 13.0. The molecule has 0 saturated carbocycles. The van der Waals surface area contributed by atoms with Crippen LogP contribution in [0.1, 0.15) is 18.4 Å². The van der Waals surface area contributed by atoms with Gasteiger partial charge in [-0.2, -0.15) is 0 Å². The van der Waals surface area contributed by atoms with Crippen molar-refractivity contribution in [2.45, 2.75) is 19.8 Å². The second-order valence-corrected chi connectivity index (χ2v) is 6.53. The Hall–Kier alpha value is -2.89. The number of likely N-dealkylation sites (tertiary alicyclic amines) is 1. The second kappa shape index (κ2) is 7.99. The number of nitrogens with zero attached hydrogens (tertiary/aromatic N) is 1. The number of rotatable bonds is 3. The molecular formula is C20H22FN3O2. The highest BCUT2D eigenvalue weighted by Crippen LogP contribution is 2.21. The quantitative estimate of drug-likeness (QED) is 0.874. The number of hydrogen-bond donors (Lipinski definition) is 2. The molecule has 0 unspecified atom stereocenters. The van der Waals surface area contributed by atoms with Crippen molar-refractivity contribution in [1.82, 2.24) is 4.90 Å². The van der Waals surface area contributed by atoms with E-state index in [1.54, 1.807) is 4.90 Å². The summed E-state index contributed by atoms with van der Waals surface area (Å²) in [6.45, 7) is 2.91. The van der Waals surface area contributed by atoms with Crippen LogP contribution in [0, 0.1) is 18.7 Å². The summed E-state index contributed by atoms with van der Waals surface area (Å²) in [4.78, 5) is 26.6. The Labute approximate surface area is 152 Å². The highest BCUT2D eigenvalue weighted by molar-refractivity contribution is 5.94. The molecule has 1 heterocycles.